The van der Waals surface area contributed by atoms with Gasteiger partial charge < -0.3 is 9.73 Å². The van der Waals surface area contributed by atoms with Crippen LogP contribution in [0.15, 0.2) is 64.1 Å². The summed E-state index contributed by atoms with van der Waals surface area (Å²) < 4.78 is 4.66. The summed E-state index contributed by atoms with van der Waals surface area (Å²) in [4.78, 5) is 22.8. The molecular formula is C15H11N3O3. The lowest BCUT2D eigenvalue weighted by molar-refractivity contribution is 0.102. The molecule has 104 valence electrons. The van der Waals surface area contributed by atoms with Gasteiger partial charge in [-0.25, -0.2) is 4.79 Å². The number of nitrogens with one attached hydrogen (secondary N) is 2. The average Bonchev–Trinajstić information content (AvgIpc) is 3.03. The molecule has 1 aromatic carbocycles. The zero-order valence-corrected chi connectivity index (χ0v) is 10.9. The Morgan fingerprint density at radius 3 is 2.52 bits per heavy atom. The lowest BCUT2D eigenvalue weighted by Crippen LogP contribution is -2.12. The van der Waals surface area contributed by atoms with Crippen molar-refractivity contribution in [3.8, 4) is 11.3 Å². The average molecular weight is 281 g/mol. The van der Waals surface area contributed by atoms with Gasteiger partial charge in [0.25, 0.3) is 5.91 Å². The van der Waals surface area contributed by atoms with Crippen molar-refractivity contribution in [2.45, 2.75) is 0 Å². The van der Waals surface area contributed by atoms with Crippen molar-refractivity contribution in [1.29, 1.82) is 0 Å². The Bertz CT molecular complexity index is 784. The van der Waals surface area contributed by atoms with Gasteiger partial charge in [-0.1, -0.05) is 12.1 Å². The molecule has 6 heteroatoms. The van der Waals surface area contributed by atoms with Gasteiger partial charge in [0.2, 0.25) is 0 Å². The van der Waals surface area contributed by atoms with Crippen molar-refractivity contribution in [3.63, 3.8) is 0 Å². The van der Waals surface area contributed by atoms with Crippen LogP contribution in [0.2, 0.25) is 0 Å². The smallest absolute Gasteiger partial charge is 0.335 e. The molecule has 0 fully saturated rings. The maximum atomic E-state index is 11.9. The fraction of sp³-hybridized carbons (Fsp3) is 0. The Hall–Kier alpha value is -3.15. The molecule has 0 spiro atoms. The standard InChI is InChI=1S/C15H11N3O3/c19-14-6-3-11(9-21-14)15(20)17-12-4-1-10(2-5-12)13-7-8-16-18-13/h1-9H,(H,16,18)(H,17,20). The van der Waals surface area contributed by atoms with E-state index in [-0.39, 0.29) is 11.5 Å². The van der Waals surface area contributed by atoms with E-state index in [2.05, 4.69) is 19.9 Å². The Morgan fingerprint density at radius 1 is 1.10 bits per heavy atom. The first-order valence-electron chi connectivity index (χ1n) is 6.22. The van der Waals surface area contributed by atoms with Crippen LogP contribution in [0.5, 0.6) is 0 Å². The van der Waals surface area contributed by atoms with Crippen LogP contribution in [-0.4, -0.2) is 16.1 Å². The second-order valence-electron chi connectivity index (χ2n) is 4.35. The number of hydrogen-bond acceptors (Lipinski definition) is 4. The summed E-state index contributed by atoms with van der Waals surface area (Å²) in [5.41, 5.74) is 2.31. The highest BCUT2D eigenvalue weighted by molar-refractivity contribution is 6.03. The molecule has 2 heterocycles. The van der Waals surface area contributed by atoms with Gasteiger partial charge in [-0.15, -0.1) is 0 Å². The number of carbonyl (C=O) groups is 1. The number of H-pyrrole nitrogens is 1. The van der Waals surface area contributed by atoms with Crippen LogP contribution < -0.4 is 10.9 Å². The maximum Gasteiger partial charge on any atom is 0.335 e. The van der Waals surface area contributed by atoms with Crippen LogP contribution in [0.25, 0.3) is 11.3 Å². The Balaban J connectivity index is 1.74. The summed E-state index contributed by atoms with van der Waals surface area (Å²) in [6, 6.07) is 11.8. The van der Waals surface area contributed by atoms with Crippen molar-refractivity contribution in [3.05, 3.63) is 70.9 Å². The van der Waals surface area contributed by atoms with E-state index in [4.69, 9.17) is 0 Å². The molecule has 0 atom stereocenters. The van der Waals surface area contributed by atoms with Gasteiger partial charge in [0.05, 0.1) is 11.3 Å². The van der Waals surface area contributed by atoms with E-state index in [0.29, 0.717) is 5.69 Å². The van der Waals surface area contributed by atoms with Gasteiger partial charge in [0.1, 0.15) is 6.26 Å². The molecule has 0 bridgehead atoms. The molecule has 0 aliphatic heterocycles. The highest BCUT2D eigenvalue weighted by atomic mass is 16.4. The number of benzene rings is 1. The topological polar surface area (TPSA) is 88.0 Å². The second kappa shape index (κ2) is 5.46. The third kappa shape index (κ3) is 2.89. The minimum atomic E-state index is -0.490. The van der Waals surface area contributed by atoms with Crippen LogP contribution in [0.1, 0.15) is 10.4 Å². The number of hydrogen-bond donors (Lipinski definition) is 2. The van der Waals surface area contributed by atoms with Gasteiger partial charge in [0, 0.05) is 18.0 Å². The molecule has 2 aromatic heterocycles. The first-order chi connectivity index (χ1) is 10.2. The summed E-state index contributed by atoms with van der Waals surface area (Å²) in [6.45, 7) is 0. The van der Waals surface area contributed by atoms with Crippen molar-refractivity contribution in [2.75, 3.05) is 5.32 Å². The predicted molar refractivity (Wildman–Crippen MR) is 77.0 cm³/mol. The predicted octanol–water partition coefficient (Wildman–Crippen LogP) is 2.28. The third-order valence-electron chi connectivity index (χ3n) is 2.92. The molecule has 2 N–H and O–H groups in total. The van der Waals surface area contributed by atoms with Crippen molar-refractivity contribution < 1.29 is 9.21 Å². The van der Waals surface area contributed by atoms with Crippen molar-refractivity contribution in [1.82, 2.24) is 10.2 Å². The SMILES string of the molecule is O=C(Nc1ccc(-c2ccn[nH]2)cc1)c1ccc(=O)oc1. The molecule has 21 heavy (non-hydrogen) atoms. The summed E-state index contributed by atoms with van der Waals surface area (Å²) in [7, 11) is 0. The lowest BCUT2D eigenvalue weighted by atomic mass is 10.1. The van der Waals surface area contributed by atoms with Gasteiger partial charge in [-0.05, 0) is 29.8 Å². The second-order valence-corrected chi connectivity index (χ2v) is 4.35. The van der Waals surface area contributed by atoms with E-state index in [1.54, 1.807) is 18.3 Å². The minimum Gasteiger partial charge on any atom is -0.430 e. The Kier molecular flexibility index (Phi) is 3.34. The molecule has 3 aromatic rings. The molecular weight excluding hydrogens is 270 g/mol. The zero-order chi connectivity index (χ0) is 14.7. The fourth-order valence-electron chi connectivity index (χ4n) is 1.84. The van der Waals surface area contributed by atoms with Crippen molar-refractivity contribution in [2.24, 2.45) is 0 Å². The molecule has 0 saturated heterocycles. The van der Waals surface area contributed by atoms with E-state index < -0.39 is 5.63 Å². The van der Waals surface area contributed by atoms with Crippen LogP contribution in [-0.2, 0) is 0 Å². The minimum absolute atomic E-state index is 0.284. The molecule has 0 unspecified atom stereocenters. The van der Waals surface area contributed by atoms with Gasteiger partial charge >= 0.3 is 5.63 Å². The monoisotopic (exact) mass is 281 g/mol. The van der Waals surface area contributed by atoms with Crippen LogP contribution >= 0.6 is 0 Å². The van der Waals surface area contributed by atoms with E-state index in [0.717, 1.165) is 17.5 Å². The summed E-state index contributed by atoms with van der Waals surface area (Å²) in [5, 5.41) is 9.47. The normalized spacial score (nSPS) is 10.3. The maximum absolute atomic E-state index is 11.9. The number of aromatic nitrogens is 2. The number of rotatable bonds is 3. The van der Waals surface area contributed by atoms with Crippen LogP contribution in [0, 0.1) is 0 Å². The first kappa shape index (κ1) is 12.9. The van der Waals surface area contributed by atoms with Crippen LogP contribution in [0.3, 0.4) is 0 Å². The van der Waals surface area contributed by atoms with E-state index >= 15 is 0 Å². The van der Waals surface area contributed by atoms with Gasteiger partial charge in [-0.2, -0.15) is 5.10 Å². The fourth-order valence-corrected chi connectivity index (χ4v) is 1.84. The van der Waals surface area contributed by atoms with Crippen LogP contribution in [0.4, 0.5) is 5.69 Å². The summed E-state index contributed by atoms with van der Waals surface area (Å²) in [6.07, 6.45) is 2.81. The van der Waals surface area contributed by atoms with Crippen molar-refractivity contribution >= 4 is 11.6 Å². The quantitative estimate of drug-likeness (QED) is 0.771. The Morgan fingerprint density at radius 2 is 1.90 bits per heavy atom. The molecule has 3 rings (SSSR count). The molecule has 0 aliphatic carbocycles. The zero-order valence-electron chi connectivity index (χ0n) is 10.9. The summed E-state index contributed by atoms with van der Waals surface area (Å²) >= 11 is 0. The number of nitrogens with zero attached hydrogens (tertiary/aromatic N) is 1. The third-order valence-corrected chi connectivity index (χ3v) is 2.92. The number of carbonyl (C=O) groups excluding carboxylic acids is 1. The van der Waals surface area contributed by atoms with E-state index in [1.165, 1.54) is 12.1 Å². The van der Waals surface area contributed by atoms with E-state index in [1.807, 2.05) is 18.2 Å². The number of aromatic amines is 1. The Labute approximate surface area is 119 Å². The molecule has 0 radical (unpaired) electrons. The molecule has 0 saturated carbocycles. The highest BCUT2D eigenvalue weighted by Gasteiger charge is 2.07. The van der Waals surface area contributed by atoms with Gasteiger partial charge in [0.15, 0.2) is 0 Å². The highest BCUT2D eigenvalue weighted by Crippen LogP contribution is 2.19. The largest absolute Gasteiger partial charge is 0.430 e. The summed E-state index contributed by atoms with van der Waals surface area (Å²) in [5.74, 6) is -0.340. The molecule has 0 aliphatic rings. The molecule has 6 nitrogen and oxygen atoms in total. The molecule has 1 amide bonds. The van der Waals surface area contributed by atoms with E-state index in [9.17, 15) is 9.59 Å². The first-order valence-corrected chi connectivity index (χ1v) is 6.22. The lowest BCUT2D eigenvalue weighted by Gasteiger charge is -2.05. The van der Waals surface area contributed by atoms with Gasteiger partial charge in [-0.3, -0.25) is 9.89 Å². The number of anilines is 1. The number of amides is 1.